The van der Waals surface area contributed by atoms with E-state index in [1.807, 2.05) is 0 Å². The molecule has 2 unspecified atom stereocenters. The Morgan fingerprint density at radius 2 is 2.21 bits per heavy atom. The van der Waals surface area contributed by atoms with Gasteiger partial charge in [-0.15, -0.1) is 0 Å². The van der Waals surface area contributed by atoms with Gasteiger partial charge < -0.3 is 15.3 Å². The summed E-state index contributed by atoms with van der Waals surface area (Å²) >= 11 is 0. The van der Waals surface area contributed by atoms with Gasteiger partial charge in [-0.2, -0.15) is 0 Å². The zero-order valence-corrected chi connectivity index (χ0v) is 8.41. The van der Waals surface area contributed by atoms with Gasteiger partial charge in [0, 0.05) is 12.6 Å². The minimum absolute atomic E-state index is 0.278. The number of hydrogen-bond donors (Lipinski definition) is 2. The maximum Gasteiger partial charge on any atom is 0.407 e. The van der Waals surface area contributed by atoms with Crippen molar-refractivity contribution in [2.45, 2.75) is 31.7 Å². The van der Waals surface area contributed by atoms with E-state index in [2.05, 4.69) is 5.32 Å². The van der Waals surface area contributed by atoms with Crippen LogP contribution in [0.2, 0.25) is 0 Å². The predicted octanol–water partition coefficient (Wildman–Crippen LogP) is 1.13. The van der Waals surface area contributed by atoms with E-state index in [4.69, 9.17) is 5.11 Å². The largest absolute Gasteiger partial charge is 0.465 e. The van der Waals surface area contributed by atoms with Crippen LogP contribution in [0.4, 0.5) is 4.79 Å². The third kappa shape index (κ3) is 1.85. The van der Waals surface area contributed by atoms with Crippen molar-refractivity contribution in [2.24, 2.45) is 5.92 Å². The lowest BCUT2D eigenvalue weighted by molar-refractivity contribution is 0.118. The molecule has 4 heteroatoms. The van der Waals surface area contributed by atoms with Crippen LogP contribution in [0.3, 0.4) is 0 Å². The minimum atomic E-state index is -0.738. The molecule has 0 bridgehead atoms. The van der Waals surface area contributed by atoms with Crippen LogP contribution in [0.1, 0.15) is 25.7 Å². The van der Waals surface area contributed by atoms with E-state index < -0.39 is 6.09 Å². The average Bonchev–Trinajstić information content (AvgIpc) is 2.67. The molecule has 2 aliphatic heterocycles. The Morgan fingerprint density at radius 3 is 2.86 bits per heavy atom. The lowest BCUT2D eigenvalue weighted by Crippen LogP contribution is -2.45. The van der Waals surface area contributed by atoms with E-state index >= 15 is 0 Å². The van der Waals surface area contributed by atoms with E-state index in [-0.39, 0.29) is 6.04 Å². The highest BCUT2D eigenvalue weighted by atomic mass is 16.4. The summed E-state index contributed by atoms with van der Waals surface area (Å²) < 4.78 is 0. The van der Waals surface area contributed by atoms with Crippen LogP contribution in [0, 0.1) is 5.92 Å². The summed E-state index contributed by atoms with van der Waals surface area (Å²) in [6.45, 7) is 2.82. The first-order valence-electron chi connectivity index (χ1n) is 5.49. The summed E-state index contributed by atoms with van der Waals surface area (Å²) in [6, 6.07) is 0.278. The van der Waals surface area contributed by atoms with Gasteiger partial charge >= 0.3 is 6.09 Å². The quantitative estimate of drug-likeness (QED) is 0.664. The lowest BCUT2D eigenvalue weighted by atomic mass is 9.90. The first-order valence-corrected chi connectivity index (χ1v) is 5.49. The van der Waals surface area contributed by atoms with Crippen molar-refractivity contribution in [3.05, 3.63) is 0 Å². The highest BCUT2D eigenvalue weighted by Crippen LogP contribution is 2.27. The molecule has 2 heterocycles. The van der Waals surface area contributed by atoms with Crippen LogP contribution < -0.4 is 5.32 Å². The minimum Gasteiger partial charge on any atom is -0.465 e. The molecule has 2 saturated heterocycles. The summed E-state index contributed by atoms with van der Waals surface area (Å²) in [6.07, 6.45) is 3.72. The molecule has 2 N–H and O–H groups in total. The smallest absolute Gasteiger partial charge is 0.407 e. The molecule has 14 heavy (non-hydrogen) atoms. The van der Waals surface area contributed by atoms with Crippen molar-refractivity contribution in [3.8, 4) is 0 Å². The van der Waals surface area contributed by atoms with Crippen LogP contribution in [-0.2, 0) is 0 Å². The monoisotopic (exact) mass is 198 g/mol. The Balaban J connectivity index is 1.97. The van der Waals surface area contributed by atoms with E-state index in [1.165, 1.54) is 12.8 Å². The molecule has 2 fully saturated rings. The van der Waals surface area contributed by atoms with Crippen LogP contribution in [-0.4, -0.2) is 41.8 Å². The zero-order chi connectivity index (χ0) is 9.97. The van der Waals surface area contributed by atoms with Gasteiger partial charge in [0.05, 0.1) is 0 Å². The van der Waals surface area contributed by atoms with Crippen molar-refractivity contribution < 1.29 is 9.90 Å². The topological polar surface area (TPSA) is 52.6 Å². The van der Waals surface area contributed by atoms with E-state index in [0.29, 0.717) is 5.92 Å². The Morgan fingerprint density at radius 1 is 1.36 bits per heavy atom. The summed E-state index contributed by atoms with van der Waals surface area (Å²) in [4.78, 5) is 12.6. The Labute approximate surface area is 84.3 Å². The third-order valence-corrected chi connectivity index (χ3v) is 3.42. The molecule has 2 aliphatic rings. The van der Waals surface area contributed by atoms with Gasteiger partial charge in [-0.3, -0.25) is 0 Å². The highest BCUT2D eigenvalue weighted by Gasteiger charge is 2.34. The molecule has 2 rings (SSSR count). The molecule has 2 atom stereocenters. The molecule has 4 nitrogen and oxygen atoms in total. The van der Waals surface area contributed by atoms with Crippen LogP contribution in [0.25, 0.3) is 0 Å². The number of amides is 1. The van der Waals surface area contributed by atoms with Gasteiger partial charge in [0.25, 0.3) is 0 Å². The first-order chi connectivity index (χ1) is 6.79. The number of nitrogens with one attached hydrogen (secondary N) is 1. The van der Waals surface area contributed by atoms with Crippen molar-refractivity contribution in [1.82, 2.24) is 10.2 Å². The number of nitrogens with zero attached hydrogens (tertiary/aromatic N) is 1. The standard InChI is InChI=1S/C10H18N2O2/c13-10(14)12-6-2-4-9(12)8-3-1-5-11-7-8/h8-9,11H,1-7H2,(H,13,14). The molecular formula is C10H18N2O2. The van der Waals surface area contributed by atoms with Crippen molar-refractivity contribution in [3.63, 3.8) is 0 Å². The van der Waals surface area contributed by atoms with Gasteiger partial charge in [-0.1, -0.05) is 0 Å². The summed E-state index contributed by atoms with van der Waals surface area (Å²) in [7, 11) is 0. The highest BCUT2D eigenvalue weighted by molar-refractivity contribution is 5.65. The average molecular weight is 198 g/mol. The van der Waals surface area contributed by atoms with Gasteiger partial charge in [0.15, 0.2) is 0 Å². The van der Waals surface area contributed by atoms with Crippen LogP contribution >= 0.6 is 0 Å². The second-order valence-corrected chi connectivity index (χ2v) is 4.29. The molecular weight excluding hydrogens is 180 g/mol. The van der Waals surface area contributed by atoms with Crippen molar-refractivity contribution in [2.75, 3.05) is 19.6 Å². The fraction of sp³-hybridized carbons (Fsp3) is 0.900. The lowest BCUT2D eigenvalue weighted by Gasteiger charge is -2.32. The van der Waals surface area contributed by atoms with Gasteiger partial charge in [-0.05, 0) is 44.7 Å². The molecule has 0 aromatic heterocycles. The zero-order valence-electron chi connectivity index (χ0n) is 8.41. The third-order valence-electron chi connectivity index (χ3n) is 3.42. The van der Waals surface area contributed by atoms with E-state index in [1.54, 1.807) is 4.90 Å². The fourth-order valence-electron chi connectivity index (χ4n) is 2.73. The summed E-state index contributed by atoms with van der Waals surface area (Å²) in [5, 5.41) is 12.4. The van der Waals surface area contributed by atoms with E-state index in [0.717, 1.165) is 32.5 Å². The number of piperidine rings is 1. The van der Waals surface area contributed by atoms with Gasteiger partial charge in [-0.25, -0.2) is 4.79 Å². The maximum atomic E-state index is 11.0. The van der Waals surface area contributed by atoms with Crippen molar-refractivity contribution in [1.29, 1.82) is 0 Å². The molecule has 80 valence electrons. The summed E-state index contributed by atoms with van der Waals surface area (Å²) in [5.41, 5.74) is 0. The second kappa shape index (κ2) is 4.17. The number of rotatable bonds is 1. The fourth-order valence-corrected chi connectivity index (χ4v) is 2.73. The first kappa shape index (κ1) is 9.77. The molecule has 0 aliphatic carbocycles. The Kier molecular flexibility index (Phi) is 2.91. The van der Waals surface area contributed by atoms with Gasteiger partial charge in [0.1, 0.15) is 0 Å². The molecule has 0 radical (unpaired) electrons. The molecule has 0 saturated carbocycles. The molecule has 0 spiro atoms. The Hall–Kier alpha value is -0.770. The van der Waals surface area contributed by atoms with Crippen LogP contribution in [0.15, 0.2) is 0 Å². The van der Waals surface area contributed by atoms with E-state index in [9.17, 15) is 4.79 Å². The predicted molar refractivity (Wildman–Crippen MR) is 53.3 cm³/mol. The molecule has 0 aromatic rings. The molecule has 0 aromatic carbocycles. The Bertz CT molecular complexity index is 214. The number of carbonyl (C=O) groups is 1. The normalized spacial score (nSPS) is 33.3. The second-order valence-electron chi connectivity index (χ2n) is 4.29. The van der Waals surface area contributed by atoms with Gasteiger partial charge in [0.2, 0.25) is 0 Å². The number of likely N-dealkylation sites (tertiary alicyclic amines) is 1. The summed E-state index contributed by atoms with van der Waals surface area (Å²) in [5.74, 6) is 0.544. The SMILES string of the molecule is O=C(O)N1CCCC1C1CCCNC1. The van der Waals surface area contributed by atoms with Crippen LogP contribution in [0.5, 0.6) is 0 Å². The number of hydrogen-bond acceptors (Lipinski definition) is 2. The maximum absolute atomic E-state index is 11.0. The number of carboxylic acid groups (broad SMARTS) is 1. The molecule has 1 amide bonds. The van der Waals surface area contributed by atoms with Crippen molar-refractivity contribution >= 4 is 6.09 Å².